The summed E-state index contributed by atoms with van der Waals surface area (Å²) in [5.74, 6) is 0.582. The van der Waals surface area contributed by atoms with E-state index >= 15 is 0 Å². The number of piperidine rings is 1. The molecule has 0 unspecified atom stereocenters. The molecule has 1 aliphatic rings. The van der Waals surface area contributed by atoms with Gasteiger partial charge < -0.3 is 15.0 Å². The molecule has 1 fully saturated rings. The average molecular weight is 439 g/mol. The zero-order valence-corrected chi connectivity index (χ0v) is 18.0. The molecule has 0 saturated carbocycles. The third kappa shape index (κ3) is 5.97. The van der Waals surface area contributed by atoms with Crippen LogP contribution in [0.25, 0.3) is 11.1 Å². The van der Waals surface area contributed by atoms with Crippen molar-refractivity contribution in [3.05, 3.63) is 66.6 Å². The fraction of sp³-hybridized carbons (Fsp3) is 0.333. The van der Waals surface area contributed by atoms with Gasteiger partial charge in [0, 0.05) is 30.2 Å². The van der Waals surface area contributed by atoms with E-state index < -0.39 is 6.61 Å². The van der Waals surface area contributed by atoms with Gasteiger partial charge in [0.25, 0.3) is 0 Å². The topological polar surface area (TPSA) is 63.2 Å². The lowest BCUT2D eigenvalue weighted by molar-refractivity contribution is -0.0498. The molecular weight excluding hydrogens is 412 g/mol. The van der Waals surface area contributed by atoms with Gasteiger partial charge in [-0.2, -0.15) is 8.78 Å². The van der Waals surface area contributed by atoms with E-state index in [9.17, 15) is 8.78 Å². The minimum absolute atomic E-state index is 0.115. The second-order valence-corrected chi connectivity index (χ2v) is 7.75. The molecule has 1 aromatic carbocycles. The van der Waals surface area contributed by atoms with Crippen LogP contribution in [-0.2, 0) is 6.42 Å². The van der Waals surface area contributed by atoms with Crippen molar-refractivity contribution in [3.8, 4) is 16.9 Å². The van der Waals surface area contributed by atoms with E-state index in [4.69, 9.17) is 0 Å². The van der Waals surface area contributed by atoms with E-state index in [1.807, 2.05) is 6.92 Å². The maximum absolute atomic E-state index is 12.3. The monoisotopic (exact) mass is 438 g/mol. The highest BCUT2D eigenvalue weighted by Gasteiger charge is 2.12. The molecular formula is C24H26F2N5O. The molecule has 2 aromatic heterocycles. The molecule has 1 saturated heterocycles. The number of ether oxygens (including phenoxy) is 1. The first kappa shape index (κ1) is 22.1. The Bertz CT molecular complexity index is 1010. The maximum Gasteiger partial charge on any atom is 0.387 e. The summed E-state index contributed by atoms with van der Waals surface area (Å²) in [7, 11) is 0. The predicted molar refractivity (Wildman–Crippen MR) is 120 cm³/mol. The Morgan fingerprint density at radius 1 is 1.00 bits per heavy atom. The molecule has 4 rings (SSSR count). The maximum atomic E-state index is 12.3. The zero-order chi connectivity index (χ0) is 22.3. The highest BCUT2D eigenvalue weighted by Crippen LogP contribution is 2.23. The Kier molecular flexibility index (Phi) is 7.21. The number of likely N-dealkylation sites (tertiary alicyclic amines) is 1. The van der Waals surface area contributed by atoms with E-state index in [2.05, 4.69) is 42.4 Å². The number of hydrogen-bond donors (Lipinski definition) is 1. The van der Waals surface area contributed by atoms with E-state index in [-0.39, 0.29) is 5.75 Å². The minimum atomic E-state index is -2.84. The molecule has 32 heavy (non-hydrogen) atoms. The van der Waals surface area contributed by atoms with Crippen LogP contribution < -0.4 is 10.1 Å². The third-order valence-corrected chi connectivity index (χ3v) is 5.51. The molecule has 1 aliphatic heterocycles. The van der Waals surface area contributed by atoms with Crippen LogP contribution in [-0.4, -0.2) is 46.1 Å². The molecule has 6 nitrogen and oxygen atoms in total. The normalized spacial score (nSPS) is 14.5. The Hall–Kier alpha value is -3.13. The lowest BCUT2D eigenvalue weighted by Gasteiger charge is -2.26. The van der Waals surface area contributed by atoms with Crippen molar-refractivity contribution in [2.24, 2.45) is 0 Å². The molecule has 167 valence electrons. The second-order valence-electron chi connectivity index (χ2n) is 7.75. The van der Waals surface area contributed by atoms with Crippen molar-refractivity contribution in [2.75, 3.05) is 25.0 Å². The number of alkyl halides is 2. The van der Waals surface area contributed by atoms with E-state index in [1.165, 1.54) is 30.5 Å². The molecule has 1 radical (unpaired) electrons. The lowest BCUT2D eigenvalue weighted by Crippen LogP contribution is -2.31. The van der Waals surface area contributed by atoms with Crippen molar-refractivity contribution in [1.82, 2.24) is 19.9 Å². The smallest absolute Gasteiger partial charge is 0.387 e. The number of aryl methyl sites for hydroxylation is 1. The summed E-state index contributed by atoms with van der Waals surface area (Å²) in [6.07, 6.45) is 10.8. The van der Waals surface area contributed by atoms with Gasteiger partial charge in [0.15, 0.2) is 0 Å². The number of nitrogens with one attached hydrogen (secondary N) is 1. The van der Waals surface area contributed by atoms with Crippen LogP contribution in [0.15, 0.2) is 48.9 Å². The molecule has 3 aromatic rings. The van der Waals surface area contributed by atoms with Crippen molar-refractivity contribution in [2.45, 2.75) is 32.8 Å². The van der Waals surface area contributed by atoms with Gasteiger partial charge in [-0.1, -0.05) is 12.1 Å². The van der Waals surface area contributed by atoms with Gasteiger partial charge in [-0.15, -0.1) is 0 Å². The van der Waals surface area contributed by atoms with Crippen LogP contribution in [0.5, 0.6) is 5.75 Å². The van der Waals surface area contributed by atoms with Crippen molar-refractivity contribution in [1.29, 1.82) is 0 Å². The van der Waals surface area contributed by atoms with Crippen LogP contribution in [0.1, 0.15) is 24.1 Å². The number of halogens is 2. The Morgan fingerprint density at radius 2 is 1.72 bits per heavy atom. The Morgan fingerprint density at radius 3 is 2.41 bits per heavy atom. The second kappa shape index (κ2) is 10.5. The van der Waals surface area contributed by atoms with Gasteiger partial charge in [-0.05, 0) is 75.0 Å². The standard InChI is InChI=1S/C24H26F2N5O/c1-17-19(9-12-31-10-3-2-4-11-31)13-21(16-27-17)30-24-28-14-20(15-29-24)18-5-7-22(8-6-18)32-23(25)26/h2,5-8,13-16,23H,3-4,9-12H2,1H3,(H,28,29,30). The van der Waals surface area contributed by atoms with Crippen LogP contribution in [0, 0.1) is 13.3 Å². The quantitative estimate of drug-likeness (QED) is 0.532. The average Bonchev–Trinajstić information content (AvgIpc) is 2.81. The van der Waals surface area contributed by atoms with E-state index in [1.54, 1.807) is 30.7 Å². The first-order valence-corrected chi connectivity index (χ1v) is 10.7. The number of aromatic nitrogens is 3. The summed E-state index contributed by atoms with van der Waals surface area (Å²) in [6.45, 7) is 2.49. The fourth-order valence-corrected chi connectivity index (χ4v) is 3.71. The highest BCUT2D eigenvalue weighted by atomic mass is 19.3. The number of hydrogen-bond acceptors (Lipinski definition) is 6. The number of benzene rings is 1. The number of rotatable bonds is 8. The van der Waals surface area contributed by atoms with E-state index in [0.29, 0.717) is 5.95 Å². The summed E-state index contributed by atoms with van der Waals surface area (Å²) < 4.78 is 28.9. The third-order valence-electron chi connectivity index (χ3n) is 5.51. The summed E-state index contributed by atoms with van der Waals surface area (Å²) in [4.78, 5) is 15.8. The zero-order valence-electron chi connectivity index (χ0n) is 18.0. The molecule has 8 heteroatoms. The van der Waals surface area contributed by atoms with Gasteiger partial charge in [-0.3, -0.25) is 4.98 Å². The highest BCUT2D eigenvalue weighted by molar-refractivity contribution is 5.63. The Labute approximate surface area is 186 Å². The van der Waals surface area contributed by atoms with Gasteiger partial charge >= 0.3 is 6.61 Å². The van der Waals surface area contributed by atoms with Gasteiger partial charge in [-0.25, -0.2) is 9.97 Å². The van der Waals surface area contributed by atoms with Gasteiger partial charge in [0.1, 0.15) is 5.75 Å². The molecule has 0 bridgehead atoms. The lowest BCUT2D eigenvalue weighted by atomic mass is 10.1. The molecule has 0 spiro atoms. The largest absolute Gasteiger partial charge is 0.435 e. The Balaban J connectivity index is 1.38. The molecule has 1 N–H and O–H groups in total. The summed E-state index contributed by atoms with van der Waals surface area (Å²) in [5, 5.41) is 3.21. The van der Waals surface area contributed by atoms with Crippen molar-refractivity contribution in [3.63, 3.8) is 0 Å². The summed E-state index contributed by atoms with van der Waals surface area (Å²) >= 11 is 0. The molecule has 0 aliphatic carbocycles. The first-order valence-electron chi connectivity index (χ1n) is 10.7. The first-order chi connectivity index (χ1) is 15.6. The number of nitrogens with zero attached hydrogens (tertiary/aromatic N) is 4. The van der Waals surface area contributed by atoms with Crippen LogP contribution in [0.4, 0.5) is 20.4 Å². The summed E-state index contributed by atoms with van der Waals surface area (Å²) in [6, 6.07) is 8.49. The van der Waals surface area contributed by atoms with Crippen LogP contribution in [0.2, 0.25) is 0 Å². The number of anilines is 2. The van der Waals surface area contributed by atoms with E-state index in [0.717, 1.165) is 48.6 Å². The predicted octanol–water partition coefficient (Wildman–Crippen LogP) is 5.03. The van der Waals surface area contributed by atoms with Crippen LogP contribution in [0.3, 0.4) is 0 Å². The summed E-state index contributed by atoms with van der Waals surface area (Å²) in [5.41, 5.74) is 4.69. The minimum Gasteiger partial charge on any atom is -0.435 e. The van der Waals surface area contributed by atoms with Crippen LogP contribution >= 0.6 is 0 Å². The van der Waals surface area contributed by atoms with Crippen molar-refractivity contribution < 1.29 is 13.5 Å². The van der Waals surface area contributed by atoms with Crippen molar-refractivity contribution >= 4 is 11.6 Å². The van der Waals surface area contributed by atoms with Gasteiger partial charge in [0.2, 0.25) is 5.95 Å². The molecule has 3 heterocycles. The number of pyridine rings is 1. The molecule has 0 atom stereocenters. The van der Waals surface area contributed by atoms with Gasteiger partial charge in [0.05, 0.1) is 11.9 Å². The fourth-order valence-electron chi connectivity index (χ4n) is 3.71. The SMILES string of the molecule is Cc1ncc(Nc2ncc(-c3ccc(OC(F)F)cc3)cn2)cc1CCN1CC[CH]CC1. The molecule has 0 amide bonds.